The van der Waals surface area contributed by atoms with Crippen LogP contribution in [0.5, 0.6) is 5.75 Å². The molecule has 2 atom stereocenters. The lowest BCUT2D eigenvalue weighted by Crippen LogP contribution is -2.36. The van der Waals surface area contributed by atoms with Crippen LogP contribution in [0.3, 0.4) is 0 Å². The third-order valence-electron chi connectivity index (χ3n) is 3.23. The second-order valence-corrected chi connectivity index (χ2v) is 4.88. The lowest BCUT2D eigenvalue weighted by atomic mass is 9.88. The van der Waals surface area contributed by atoms with Crippen molar-refractivity contribution in [2.75, 3.05) is 0 Å². The number of phenols is 1. The quantitative estimate of drug-likeness (QED) is 0.653. The van der Waals surface area contributed by atoms with Crippen LogP contribution in [-0.2, 0) is 5.54 Å². The highest BCUT2D eigenvalue weighted by Crippen LogP contribution is 2.42. The molecular formula is C12H17NO2. The fourth-order valence-corrected chi connectivity index (χ4v) is 2.41. The van der Waals surface area contributed by atoms with Crippen molar-refractivity contribution in [1.82, 2.24) is 0 Å². The molecule has 82 valence electrons. The Morgan fingerprint density at radius 3 is 2.60 bits per heavy atom. The summed E-state index contributed by atoms with van der Waals surface area (Å²) in [6, 6.07) is 6.99. The van der Waals surface area contributed by atoms with Crippen molar-refractivity contribution < 1.29 is 10.2 Å². The fourth-order valence-electron chi connectivity index (χ4n) is 2.41. The van der Waals surface area contributed by atoms with Gasteiger partial charge in [-0.05, 0) is 43.9 Å². The van der Waals surface area contributed by atoms with Crippen LogP contribution >= 0.6 is 0 Å². The van der Waals surface area contributed by atoms with Crippen molar-refractivity contribution in [3.05, 3.63) is 29.8 Å². The highest BCUT2D eigenvalue weighted by Gasteiger charge is 2.43. The largest absolute Gasteiger partial charge is 0.508 e. The second-order valence-electron chi connectivity index (χ2n) is 4.88. The van der Waals surface area contributed by atoms with Gasteiger partial charge in [-0.2, -0.15) is 0 Å². The molecule has 1 aliphatic rings. The van der Waals surface area contributed by atoms with Crippen LogP contribution in [0.15, 0.2) is 24.3 Å². The lowest BCUT2D eigenvalue weighted by Gasteiger charge is -2.26. The molecule has 2 unspecified atom stereocenters. The fraction of sp³-hybridized carbons (Fsp3) is 0.500. The molecule has 0 aromatic heterocycles. The molecule has 3 heteroatoms. The summed E-state index contributed by atoms with van der Waals surface area (Å²) in [5.41, 5.74) is 5.98. The van der Waals surface area contributed by atoms with Gasteiger partial charge >= 0.3 is 0 Å². The Labute approximate surface area is 89.5 Å². The molecule has 1 fully saturated rings. The van der Waals surface area contributed by atoms with Gasteiger partial charge in [0, 0.05) is 5.54 Å². The van der Waals surface area contributed by atoms with Crippen LogP contribution < -0.4 is 5.73 Å². The average molecular weight is 207 g/mol. The molecular weight excluding hydrogens is 190 g/mol. The third-order valence-corrected chi connectivity index (χ3v) is 3.23. The highest BCUT2D eigenvalue weighted by molar-refractivity contribution is 5.33. The summed E-state index contributed by atoms with van der Waals surface area (Å²) < 4.78 is 0. The van der Waals surface area contributed by atoms with E-state index in [1.165, 1.54) is 0 Å². The van der Waals surface area contributed by atoms with Gasteiger partial charge in [0.1, 0.15) is 5.75 Å². The van der Waals surface area contributed by atoms with E-state index in [-0.39, 0.29) is 5.75 Å². The Morgan fingerprint density at radius 1 is 1.33 bits per heavy atom. The minimum atomic E-state index is -0.680. The first-order chi connectivity index (χ1) is 6.91. The third kappa shape index (κ3) is 1.98. The van der Waals surface area contributed by atoms with E-state index in [9.17, 15) is 10.2 Å². The maximum Gasteiger partial charge on any atom is 0.115 e. The smallest absolute Gasteiger partial charge is 0.115 e. The summed E-state index contributed by atoms with van der Waals surface area (Å²) in [7, 11) is 0. The van der Waals surface area contributed by atoms with Crippen molar-refractivity contribution in [2.45, 2.75) is 37.3 Å². The molecule has 1 aliphatic carbocycles. The first-order valence-electron chi connectivity index (χ1n) is 5.22. The zero-order chi connectivity index (χ0) is 11.1. The highest BCUT2D eigenvalue weighted by atomic mass is 16.3. The summed E-state index contributed by atoms with van der Waals surface area (Å²) in [6.45, 7) is 1.81. The van der Waals surface area contributed by atoms with Gasteiger partial charge in [-0.25, -0.2) is 0 Å². The molecule has 1 saturated carbocycles. The Balaban J connectivity index is 2.31. The molecule has 0 aliphatic heterocycles. The van der Waals surface area contributed by atoms with E-state index in [1.54, 1.807) is 18.2 Å². The number of nitrogens with two attached hydrogens (primary N) is 1. The van der Waals surface area contributed by atoms with Crippen molar-refractivity contribution >= 4 is 0 Å². The summed E-state index contributed by atoms with van der Waals surface area (Å²) in [4.78, 5) is 0. The summed E-state index contributed by atoms with van der Waals surface area (Å²) >= 11 is 0. The molecule has 0 radical (unpaired) electrons. The van der Waals surface area contributed by atoms with Gasteiger partial charge in [0.2, 0.25) is 0 Å². The molecule has 2 rings (SSSR count). The van der Waals surface area contributed by atoms with Gasteiger partial charge in [-0.3, -0.25) is 0 Å². The zero-order valence-electron chi connectivity index (χ0n) is 8.90. The zero-order valence-corrected chi connectivity index (χ0v) is 8.90. The van der Waals surface area contributed by atoms with E-state index >= 15 is 0 Å². The molecule has 0 saturated heterocycles. The molecule has 4 N–H and O–H groups in total. The van der Waals surface area contributed by atoms with Gasteiger partial charge in [0.05, 0.1) is 5.60 Å². The van der Waals surface area contributed by atoms with Crippen molar-refractivity contribution in [3.63, 3.8) is 0 Å². The molecule has 15 heavy (non-hydrogen) atoms. The second kappa shape index (κ2) is 3.22. The normalized spacial score (nSPS) is 35.7. The molecule has 0 spiro atoms. The number of benzene rings is 1. The summed E-state index contributed by atoms with van der Waals surface area (Å²) in [5.74, 6) is 0.226. The SMILES string of the molecule is CC1(O)CCC(N)(c2cccc(O)c2)C1. The lowest BCUT2D eigenvalue weighted by molar-refractivity contribution is 0.0611. The predicted octanol–water partition coefficient (Wildman–Crippen LogP) is 1.48. The number of hydrogen-bond donors (Lipinski definition) is 3. The molecule has 0 bridgehead atoms. The standard InChI is InChI=1S/C12H17NO2/c1-11(15)5-6-12(13,8-11)9-3-2-4-10(14)7-9/h2-4,7,14-15H,5-6,8,13H2,1H3. The van der Waals surface area contributed by atoms with Crippen molar-refractivity contribution in [2.24, 2.45) is 5.73 Å². The first-order valence-corrected chi connectivity index (χ1v) is 5.22. The van der Waals surface area contributed by atoms with Gasteiger partial charge in [0.15, 0.2) is 0 Å². The van der Waals surface area contributed by atoms with Crippen LogP contribution in [0.1, 0.15) is 31.7 Å². The molecule has 3 nitrogen and oxygen atoms in total. The van der Waals surface area contributed by atoms with E-state index in [0.717, 1.165) is 12.0 Å². The summed E-state index contributed by atoms with van der Waals surface area (Å²) in [6.07, 6.45) is 2.01. The maximum atomic E-state index is 9.92. The topological polar surface area (TPSA) is 66.5 Å². The first kappa shape index (κ1) is 10.5. The Morgan fingerprint density at radius 2 is 2.07 bits per heavy atom. The van der Waals surface area contributed by atoms with Crippen molar-refractivity contribution in [1.29, 1.82) is 0 Å². The minimum Gasteiger partial charge on any atom is -0.508 e. The molecule has 1 aromatic carbocycles. The maximum absolute atomic E-state index is 9.92. The van der Waals surface area contributed by atoms with E-state index in [1.807, 2.05) is 13.0 Å². The van der Waals surface area contributed by atoms with Gasteiger partial charge in [0.25, 0.3) is 0 Å². The van der Waals surface area contributed by atoms with Crippen LogP contribution in [0.25, 0.3) is 0 Å². The Bertz CT molecular complexity index is 376. The van der Waals surface area contributed by atoms with E-state index in [4.69, 9.17) is 5.73 Å². The monoisotopic (exact) mass is 207 g/mol. The Kier molecular flexibility index (Phi) is 2.24. The summed E-state index contributed by atoms with van der Waals surface area (Å²) in [5, 5.41) is 19.3. The van der Waals surface area contributed by atoms with Crippen LogP contribution in [0, 0.1) is 0 Å². The van der Waals surface area contributed by atoms with Crippen LogP contribution in [0.4, 0.5) is 0 Å². The Hall–Kier alpha value is -1.06. The van der Waals surface area contributed by atoms with Crippen molar-refractivity contribution in [3.8, 4) is 5.75 Å². The minimum absolute atomic E-state index is 0.226. The van der Waals surface area contributed by atoms with Gasteiger partial charge in [-0.1, -0.05) is 12.1 Å². The van der Waals surface area contributed by atoms with Crippen LogP contribution in [-0.4, -0.2) is 15.8 Å². The number of aliphatic hydroxyl groups is 1. The van der Waals surface area contributed by atoms with E-state index < -0.39 is 11.1 Å². The predicted molar refractivity (Wildman–Crippen MR) is 58.4 cm³/mol. The average Bonchev–Trinajstić information content (AvgIpc) is 2.42. The molecule has 1 aromatic rings. The van der Waals surface area contributed by atoms with E-state index in [0.29, 0.717) is 12.8 Å². The number of aromatic hydroxyl groups is 1. The molecule has 0 heterocycles. The van der Waals surface area contributed by atoms with Gasteiger partial charge in [-0.15, -0.1) is 0 Å². The number of rotatable bonds is 1. The van der Waals surface area contributed by atoms with Crippen LogP contribution in [0.2, 0.25) is 0 Å². The molecule has 0 amide bonds. The number of phenolic OH excluding ortho intramolecular Hbond substituents is 1. The number of hydrogen-bond acceptors (Lipinski definition) is 3. The van der Waals surface area contributed by atoms with Gasteiger partial charge < -0.3 is 15.9 Å². The van der Waals surface area contributed by atoms with E-state index in [2.05, 4.69) is 0 Å².